The van der Waals surface area contributed by atoms with Gasteiger partial charge in [-0.1, -0.05) is 24.3 Å². The molecule has 0 aliphatic heterocycles. The number of furan rings is 1. The van der Waals surface area contributed by atoms with Crippen LogP contribution in [0.4, 0.5) is 0 Å². The Morgan fingerprint density at radius 1 is 1.29 bits per heavy atom. The van der Waals surface area contributed by atoms with Gasteiger partial charge in [0.2, 0.25) is 0 Å². The van der Waals surface area contributed by atoms with E-state index in [1.54, 1.807) is 6.07 Å². The smallest absolute Gasteiger partial charge is 0.310 e. The average molecular weight is 286 g/mol. The molecule has 1 heterocycles. The van der Waals surface area contributed by atoms with E-state index >= 15 is 0 Å². The zero-order valence-electron chi connectivity index (χ0n) is 12.4. The van der Waals surface area contributed by atoms with Gasteiger partial charge in [0.1, 0.15) is 5.60 Å². The molecule has 0 saturated carbocycles. The summed E-state index contributed by atoms with van der Waals surface area (Å²) in [6, 6.07) is 9.17. The molecule has 0 saturated heterocycles. The van der Waals surface area contributed by atoms with Gasteiger partial charge in [-0.05, 0) is 38.0 Å². The van der Waals surface area contributed by atoms with Crippen LogP contribution in [-0.2, 0) is 16.0 Å². The minimum atomic E-state index is -0.496. The fraction of sp³-hybridized carbons (Fsp3) is 0.294. The van der Waals surface area contributed by atoms with Crippen molar-refractivity contribution in [3.8, 4) is 11.1 Å². The summed E-state index contributed by atoms with van der Waals surface area (Å²) < 4.78 is 10.4. The van der Waals surface area contributed by atoms with Crippen LogP contribution in [0.5, 0.6) is 0 Å². The summed E-state index contributed by atoms with van der Waals surface area (Å²) >= 11 is 0. The molecule has 0 aliphatic carbocycles. The van der Waals surface area contributed by atoms with Gasteiger partial charge in [-0.25, -0.2) is 0 Å². The molecular weight excluding hydrogens is 268 g/mol. The van der Waals surface area contributed by atoms with E-state index in [2.05, 4.69) is 0 Å². The minimum Gasteiger partial charge on any atom is -0.461 e. The number of benzene rings is 1. The predicted molar refractivity (Wildman–Crippen MR) is 79.1 cm³/mol. The van der Waals surface area contributed by atoms with Crippen LogP contribution in [0.1, 0.15) is 36.9 Å². The molecule has 1 aromatic carbocycles. The van der Waals surface area contributed by atoms with Crippen LogP contribution in [0, 0.1) is 0 Å². The Bertz CT molecular complexity index is 647. The second kappa shape index (κ2) is 5.95. The molecule has 0 fully saturated rings. The standard InChI is InChI=1S/C17H18O4/c1-17(2,3)21-16(19)10-12-5-4-6-13(9-12)14-7-8-20-15(14)11-18/h4-9,11H,10H2,1-3H3. The maximum Gasteiger partial charge on any atom is 0.310 e. The summed E-state index contributed by atoms with van der Waals surface area (Å²) in [6.45, 7) is 5.51. The first-order valence-corrected chi connectivity index (χ1v) is 6.73. The quantitative estimate of drug-likeness (QED) is 0.636. The number of ether oxygens (including phenoxy) is 1. The first-order valence-electron chi connectivity index (χ1n) is 6.73. The third-order valence-corrected chi connectivity index (χ3v) is 2.81. The van der Waals surface area contributed by atoms with E-state index in [0.717, 1.165) is 16.7 Å². The van der Waals surface area contributed by atoms with E-state index in [1.165, 1.54) is 6.26 Å². The Morgan fingerprint density at radius 3 is 2.71 bits per heavy atom. The van der Waals surface area contributed by atoms with Crippen molar-refractivity contribution in [3.63, 3.8) is 0 Å². The van der Waals surface area contributed by atoms with E-state index in [0.29, 0.717) is 6.29 Å². The van der Waals surface area contributed by atoms with Crippen molar-refractivity contribution in [1.29, 1.82) is 0 Å². The second-order valence-electron chi connectivity index (χ2n) is 5.78. The van der Waals surface area contributed by atoms with Crippen LogP contribution in [-0.4, -0.2) is 17.9 Å². The van der Waals surface area contributed by atoms with Crippen molar-refractivity contribution in [3.05, 3.63) is 47.9 Å². The number of aldehydes is 1. The first kappa shape index (κ1) is 15.0. The van der Waals surface area contributed by atoms with Crippen LogP contribution < -0.4 is 0 Å². The lowest BCUT2D eigenvalue weighted by molar-refractivity contribution is -0.153. The van der Waals surface area contributed by atoms with Crippen LogP contribution in [0.3, 0.4) is 0 Å². The van der Waals surface area contributed by atoms with Crippen LogP contribution >= 0.6 is 0 Å². The number of esters is 1. The molecule has 0 radical (unpaired) electrons. The van der Waals surface area contributed by atoms with Gasteiger partial charge in [-0.15, -0.1) is 0 Å². The second-order valence-corrected chi connectivity index (χ2v) is 5.78. The minimum absolute atomic E-state index is 0.194. The predicted octanol–water partition coefficient (Wildman–Crippen LogP) is 3.64. The number of hydrogen-bond donors (Lipinski definition) is 0. The first-order chi connectivity index (χ1) is 9.89. The molecule has 0 bridgehead atoms. The monoisotopic (exact) mass is 286 g/mol. The number of carbonyl (C=O) groups excluding carboxylic acids is 2. The van der Waals surface area contributed by atoms with Crippen LogP contribution in [0.2, 0.25) is 0 Å². The molecule has 0 atom stereocenters. The zero-order chi connectivity index (χ0) is 15.5. The third-order valence-electron chi connectivity index (χ3n) is 2.81. The van der Waals surface area contributed by atoms with E-state index in [-0.39, 0.29) is 18.2 Å². The van der Waals surface area contributed by atoms with E-state index in [9.17, 15) is 9.59 Å². The Hall–Kier alpha value is -2.36. The molecule has 110 valence electrons. The van der Waals surface area contributed by atoms with Gasteiger partial charge in [0.15, 0.2) is 12.0 Å². The van der Waals surface area contributed by atoms with Crippen molar-refractivity contribution < 1.29 is 18.7 Å². The summed E-state index contributed by atoms with van der Waals surface area (Å²) in [7, 11) is 0. The summed E-state index contributed by atoms with van der Waals surface area (Å²) in [5.74, 6) is 0.00636. The van der Waals surface area contributed by atoms with Crippen molar-refractivity contribution >= 4 is 12.3 Å². The molecule has 4 nitrogen and oxygen atoms in total. The van der Waals surface area contributed by atoms with Gasteiger partial charge in [0.25, 0.3) is 0 Å². The van der Waals surface area contributed by atoms with Gasteiger partial charge in [0, 0.05) is 5.56 Å². The van der Waals surface area contributed by atoms with Gasteiger partial charge in [0.05, 0.1) is 12.7 Å². The number of hydrogen-bond acceptors (Lipinski definition) is 4. The molecule has 2 aromatic rings. The highest BCUT2D eigenvalue weighted by atomic mass is 16.6. The molecule has 0 aliphatic rings. The molecule has 0 N–H and O–H groups in total. The number of rotatable bonds is 4. The summed E-state index contributed by atoms with van der Waals surface area (Å²) in [5, 5.41) is 0. The Labute approximate surface area is 123 Å². The van der Waals surface area contributed by atoms with E-state index in [4.69, 9.17) is 9.15 Å². The third kappa shape index (κ3) is 4.05. The van der Waals surface area contributed by atoms with Crippen LogP contribution in [0.15, 0.2) is 41.0 Å². The summed E-state index contributed by atoms with van der Waals surface area (Å²) in [6.07, 6.45) is 2.34. The fourth-order valence-electron chi connectivity index (χ4n) is 2.04. The maximum atomic E-state index is 11.9. The summed E-state index contributed by atoms with van der Waals surface area (Å²) in [4.78, 5) is 22.8. The van der Waals surface area contributed by atoms with Crippen LogP contribution in [0.25, 0.3) is 11.1 Å². The lowest BCUT2D eigenvalue weighted by Crippen LogP contribution is -2.24. The van der Waals surface area contributed by atoms with Gasteiger partial charge >= 0.3 is 5.97 Å². The van der Waals surface area contributed by atoms with E-state index < -0.39 is 5.60 Å². The maximum absolute atomic E-state index is 11.9. The SMILES string of the molecule is CC(C)(C)OC(=O)Cc1cccc(-c2ccoc2C=O)c1. The number of carbonyl (C=O) groups is 2. The average Bonchev–Trinajstić information content (AvgIpc) is 2.84. The molecule has 0 spiro atoms. The van der Waals surface area contributed by atoms with E-state index in [1.807, 2.05) is 45.0 Å². The van der Waals surface area contributed by atoms with Gasteiger partial charge < -0.3 is 9.15 Å². The Morgan fingerprint density at radius 2 is 2.05 bits per heavy atom. The molecule has 0 amide bonds. The molecule has 21 heavy (non-hydrogen) atoms. The zero-order valence-corrected chi connectivity index (χ0v) is 12.4. The Balaban J connectivity index is 2.19. The molecule has 4 heteroatoms. The molecular formula is C17H18O4. The molecule has 1 aromatic heterocycles. The summed E-state index contributed by atoms with van der Waals surface area (Å²) in [5.41, 5.74) is 1.90. The molecule has 0 unspecified atom stereocenters. The highest BCUT2D eigenvalue weighted by Crippen LogP contribution is 2.25. The van der Waals surface area contributed by atoms with Crippen molar-refractivity contribution in [1.82, 2.24) is 0 Å². The lowest BCUT2D eigenvalue weighted by atomic mass is 10.0. The van der Waals surface area contributed by atoms with Crippen molar-refractivity contribution in [2.45, 2.75) is 32.8 Å². The Kier molecular flexibility index (Phi) is 4.26. The normalized spacial score (nSPS) is 11.2. The fourth-order valence-corrected chi connectivity index (χ4v) is 2.04. The van der Waals surface area contributed by atoms with Crippen molar-refractivity contribution in [2.24, 2.45) is 0 Å². The highest BCUT2D eigenvalue weighted by molar-refractivity contribution is 5.84. The topological polar surface area (TPSA) is 56.5 Å². The molecule has 2 rings (SSSR count). The van der Waals surface area contributed by atoms with Gasteiger partial charge in [-0.3, -0.25) is 9.59 Å². The van der Waals surface area contributed by atoms with Crippen molar-refractivity contribution in [2.75, 3.05) is 0 Å². The lowest BCUT2D eigenvalue weighted by Gasteiger charge is -2.19. The largest absolute Gasteiger partial charge is 0.461 e. The van der Waals surface area contributed by atoms with Gasteiger partial charge in [-0.2, -0.15) is 0 Å². The highest BCUT2D eigenvalue weighted by Gasteiger charge is 2.17.